The number of pyridine rings is 1. The summed E-state index contributed by atoms with van der Waals surface area (Å²) in [6, 6.07) is 11.3. The van der Waals surface area contributed by atoms with Crippen LogP contribution in [0.4, 0.5) is 0 Å². The van der Waals surface area contributed by atoms with E-state index in [2.05, 4.69) is 44.3 Å². The second kappa shape index (κ2) is 8.46. The Kier molecular flexibility index (Phi) is 5.47. The molecule has 1 aliphatic rings. The molecule has 5 rings (SSSR count). The minimum atomic E-state index is -0.214. The van der Waals surface area contributed by atoms with Crippen LogP contribution >= 0.6 is 11.6 Å². The first kappa shape index (κ1) is 21.4. The number of carbonyl (C=O) groups excluding carboxylic acids is 1. The van der Waals surface area contributed by atoms with Gasteiger partial charge in [-0.25, -0.2) is 4.52 Å². The van der Waals surface area contributed by atoms with Gasteiger partial charge in [-0.05, 0) is 40.8 Å². The normalized spacial score (nSPS) is 16.8. The molecule has 4 aromatic rings. The molecule has 0 saturated heterocycles. The summed E-state index contributed by atoms with van der Waals surface area (Å²) in [5.41, 5.74) is 5.56. The second-order valence-corrected chi connectivity index (χ2v) is 8.72. The highest BCUT2D eigenvalue weighted by atomic mass is 35.5. The largest absolute Gasteiger partial charge is 0.354 e. The quantitative estimate of drug-likeness (QED) is 0.486. The number of aromatic amines is 1. The number of aromatic nitrogens is 4. The topological polar surface area (TPSA) is 95.4 Å². The molecule has 1 atom stereocenters. The summed E-state index contributed by atoms with van der Waals surface area (Å²) in [4.78, 5) is 33.7. The summed E-state index contributed by atoms with van der Waals surface area (Å²) in [7, 11) is 1.60. The number of halogens is 1. The zero-order valence-electron chi connectivity index (χ0n) is 18.3. The van der Waals surface area contributed by atoms with Gasteiger partial charge >= 0.3 is 0 Å². The first-order valence-corrected chi connectivity index (χ1v) is 11.1. The smallest absolute Gasteiger partial charge is 0.274 e. The van der Waals surface area contributed by atoms with Crippen LogP contribution in [0.3, 0.4) is 0 Å². The zero-order valence-corrected chi connectivity index (χ0v) is 19.1. The van der Waals surface area contributed by atoms with Crippen molar-refractivity contribution in [1.29, 1.82) is 0 Å². The van der Waals surface area contributed by atoms with Crippen LogP contribution < -0.4 is 10.9 Å². The maximum absolute atomic E-state index is 12.4. The molecular weight excluding hydrogens is 440 g/mol. The summed E-state index contributed by atoms with van der Waals surface area (Å²) < 4.78 is 1.59. The average molecular weight is 463 g/mol. The van der Waals surface area contributed by atoms with Crippen LogP contribution in [0.5, 0.6) is 0 Å². The van der Waals surface area contributed by atoms with Crippen LogP contribution in [0, 0.1) is 5.92 Å². The monoisotopic (exact) mass is 462 g/mol. The fourth-order valence-corrected chi connectivity index (χ4v) is 4.63. The number of H-pyrrole nitrogens is 1. The van der Waals surface area contributed by atoms with Gasteiger partial charge in [0.15, 0.2) is 5.15 Å². The molecule has 1 aromatic carbocycles. The molecule has 33 heavy (non-hydrogen) atoms. The van der Waals surface area contributed by atoms with Crippen LogP contribution in [0.25, 0.3) is 22.1 Å². The Labute approximate surface area is 194 Å². The van der Waals surface area contributed by atoms with Crippen LogP contribution in [-0.4, -0.2) is 50.5 Å². The highest BCUT2D eigenvalue weighted by molar-refractivity contribution is 6.29. The van der Waals surface area contributed by atoms with Gasteiger partial charge in [0, 0.05) is 38.9 Å². The third-order valence-corrected chi connectivity index (χ3v) is 6.23. The molecule has 9 heteroatoms. The third kappa shape index (κ3) is 4.03. The molecule has 0 spiro atoms. The van der Waals surface area contributed by atoms with Crippen molar-refractivity contribution < 1.29 is 4.79 Å². The van der Waals surface area contributed by atoms with Crippen molar-refractivity contribution in [1.82, 2.24) is 29.8 Å². The average Bonchev–Trinajstić information content (AvgIpc) is 3.21. The molecule has 0 bridgehead atoms. The van der Waals surface area contributed by atoms with Gasteiger partial charge in [0.25, 0.3) is 11.5 Å². The van der Waals surface area contributed by atoms with E-state index in [0.717, 1.165) is 41.8 Å². The maximum Gasteiger partial charge on any atom is 0.274 e. The molecule has 0 saturated carbocycles. The number of nitrogens with zero attached hydrogens (tertiary/aromatic N) is 4. The molecule has 168 valence electrons. The van der Waals surface area contributed by atoms with Crippen molar-refractivity contribution in [3.8, 4) is 0 Å². The Morgan fingerprint density at radius 2 is 2.09 bits per heavy atom. The standard InChI is InChI=1S/C24H23ClN6O2/c1-14-12-30(8-7-17(14)16-4-5-18(27-11-16)23(32)26-2)13-15-3-6-20-19(9-15)28-24(33)21-10-22(25)29-31(20)21/h3-7,9-11,14H,8,12-13H2,1-2H3,(H,26,32)(H,28,33). The van der Waals surface area contributed by atoms with Gasteiger partial charge in [-0.1, -0.05) is 36.7 Å². The molecule has 1 amide bonds. The van der Waals surface area contributed by atoms with Crippen LogP contribution in [0.15, 0.2) is 53.5 Å². The molecule has 2 N–H and O–H groups in total. The van der Waals surface area contributed by atoms with Crippen molar-refractivity contribution >= 4 is 39.6 Å². The number of rotatable bonds is 4. The molecule has 4 heterocycles. The number of benzene rings is 1. The lowest BCUT2D eigenvalue weighted by atomic mass is 9.91. The van der Waals surface area contributed by atoms with E-state index in [0.29, 0.717) is 22.3 Å². The summed E-state index contributed by atoms with van der Waals surface area (Å²) in [5, 5.41) is 7.11. The van der Waals surface area contributed by atoms with E-state index in [9.17, 15) is 9.59 Å². The fraction of sp³-hybridized carbons (Fsp3) is 0.250. The van der Waals surface area contributed by atoms with Crippen molar-refractivity contribution in [3.63, 3.8) is 0 Å². The van der Waals surface area contributed by atoms with Crippen molar-refractivity contribution in [2.45, 2.75) is 13.5 Å². The predicted molar refractivity (Wildman–Crippen MR) is 128 cm³/mol. The van der Waals surface area contributed by atoms with E-state index in [-0.39, 0.29) is 11.5 Å². The molecular formula is C24H23ClN6O2. The van der Waals surface area contributed by atoms with E-state index >= 15 is 0 Å². The van der Waals surface area contributed by atoms with Gasteiger partial charge in [-0.15, -0.1) is 0 Å². The molecule has 0 radical (unpaired) electrons. The van der Waals surface area contributed by atoms with E-state index < -0.39 is 0 Å². The Hall–Kier alpha value is -3.49. The maximum atomic E-state index is 12.4. The molecule has 1 unspecified atom stereocenters. The molecule has 8 nitrogen and oxygen atoms in total. The first-order valence-electron chi connectivity index (χ1n) is 10.7. The molecule has 3 aromatic heterocycles. The number of nitrogens with one attached hydrogen (secondary N) is 2. The lowest BCUT2D eigenvalue weighted by Gasteiger charge is -2.31. The third-order valence-electron chi connectivity index (χ3n) is 6.04. The number of amides is 1. The SMILES string of the molecule is CNC(=O)c1ccc(C2=CCN(Cc3ccc4c(c3)[nH]c(=O)c3cc(Cl)nn34)CC2C)cn1. The van der Waals surface area contributed by atoms with Crippen LogP contribution in [0.1, 0.15) is 28.5 Å². The molecule has 0 aliphatic carbocycles. The highest BCUT2D eigenvalue weighted by Crippen LogP contribution is 2.28. The Morgan fingerprint density at radius 1 is 1.24 bits per heavy atom. The number of carbonyl (C=O) groups is 1. The highest BCUT2D eigenvalue weighted by Gasteiger charge is 2.21. The molecule has 1 aliphatic heterocycles. The summed E-state index contributed by atoms with van der Waals surface area (Å²) in [6.07, 6.45) is 3.99. The zero-order chi connectivity index (χ0) is 23.1. The second-order valence-electron chi connectivity index (χ2n) is 8.34. The number of hydrogen-bond acceptors (Lipinski definition) is 5. The van der Waals surface area contributed by atoms with Gasteiger partial charge in [0.1, 0.15) is 11.2 Å². The number of hydrogen-bond donors (Lipinski definition) is 2. The summed E-state index contributed by atoms with van der Waals surface area (Å²) >= 11 is 5.99. The lowest BCUT2D eigenvalue weighted by molar-refractivity contribution is 0.0958. The Balaban J connectivity index is 1.35. The summed E-state index contributed by atoms with van der Waals surface area (Å²) in [6.45, 7) is 4.66. The van der Waals surface area contributed by atoms with Crippen LogP contribution in [-0.2, 0) is 6.54 Å². The van der Waals surface area contributed by atoms with E-state index in [4.69, 9.17) is 11.6 Å². The van der Waals surface area contributed by atoms with E-state index in [1.54, 1.807) is 29.9 Å². The van der Waals surface area contributed by atoms with Crippen molar-refractivity contribution in [2.75, 3.05) is 20.1 Å². The van der Waals surface area contributed by atoms with E-state index in [1.165, 1.54) is 5.57 Å². The summed E-state index contributed by atoms with van der Waals surface area (Å²) in [5.74, 6) is 0.129. The number of fused-ring (bicyclic) bond motifs is 3. The van der Waals surface area contributed by atoms with Gasteiger partial charge in [-0.2, -0.15) is 5.10 Å². The molecule has 0 fully saturated rings. The van der Waals surface area contributed by atoms with Crippen LogP contribution in [0.2, 0.25) is 5.15 Å². The minimum Gasteiger partial charge on any atom is -0.354 e. The van der Waals surface area contributed by atoms with Gasteiger partial charge in [-0.3, -0.25) is 19.5 Å². The van der Waals surface area contributed by atoms with Gasteiger partial charge in [0.2, 0.25) is 0 Å². The Bertz CT molecular complexity index is 1450. The Morgan fingerprint density at radius 3 is 2.82 bits per heavy atom. The van der Waals surface area contributed by atoms with Gasteiger partial charge in [0.05, 0.1) is 11.0 Å². The predicted octanol–water partition coefficient (Wildman–Crippen LogP) is 3.12. The lowest BCUT2D eigenvalue weighted by Crippen LogP contribution is -2.32. The minimum absolute atomic E-state index is 0.188. The first-order chi connectivity index (χ1) is 15.9. The fourth-order valence-electron chi connectivity index (χ4n) is 4.46. The van der Waals surface area contributed by atoms with Crippen molar-refractivity contribution in [3.05, 3.63) is 81.0 Å². The van der Waals surface area contributed by atoms with Gasteiger partial charge < -0.3 is 10.3 Å². The van der Waals surface area contributed by atoms with Crippen molar-refractivity contribution in [2.24, 2.45) is 5.92 Å². The van der Waals surface area contributed by atoms with E-state index in [1.807, 2.05) is 18.2 Å².